The number of hydrogen-bond donors (Lipinski definition) is 3. The maximum atomic E-state index is 12.0. The van der Waals surface area contributed by atoms with Gasteiger partial charge in [0.05, 0.1) is 17.0 Å². The number of nitrogens with one attached hydrogen (secondary N) is 1. The number of rotatable bonds is 13. The minimum absolute atomic E-state index is 0.0580. The maximum absolute atomic E-state index is 12.0. The summed E-state index contributed by atoms with van der Waals surface area (Å²) in [5.41, 5.74) is 2.20. The Balaban J connectivity index is 1.93. The van der Waals surface area contributed by atoms with E-state index in [0.29, 0.717) is 29.1 Å². The van der Waals surface area contributed by atoms with Crippen molar-refractivity contribution in [2.45, 2.75) is 37.5 Å². The lowest BCUT2D eigenvalue weighted by Gasteiger charge is -2.15. The molecule has 0 saturated heterocycles. The van der Waals surface area contributed by atoms with E-state index in [1.807, 2.05) is 13.0 Å². The van der Waals surface area contributed by atoms with E-state index in [1.54, 1.807) is 30.0 Å². The maximum Gasteiger partial charge on any atom is 0.307 e. The number of halogens is 1. The van der Waals surface area contributed by atoms with Crippen LogP contribution >= 0.6 is 23.4 Å². The van der Waals surface area contributed by atoms with Crippen molar-refractivity contribution >= 4 is 40.8 Å². The largest absolute Gasteiger partial charge is 0.507 e. The fourth-order valence-electron chi connectivity index (χ4n) is 3.10. The first kappa shape index (κ1) is 24.7. The van der Waals surface area contributed by atoms with Gasteiger partial charge in [-0.2, -0.15) is 4.91 Å². The Morgan fingerprint density at radius 1 is 1.23 bits per heavy atom. The van der Waals surface area contributed by atoms with Gasteiger partial charge in [-0.1, -0.05) is 36.2 Å². The number of ketones is 1. The predicted molar refractivity (Wildman–Crippen MR) is 124 cm³/mol. The monoisotopic (exact) mass is 464 g/mol. The smallest absolute Gasteiger partial charge is 0.307 e. The molecule has 0 saturated carbocycles. The molecule has 0 bridgehead atoms. The molecule has 0 radical (unpaired) electrons. The highest BCUT2D eigenvalue weighted by Crippen LogP contribution is 2.32. The lowest BCUT2D eigenvalue weighted by Crippen LogP contribution is -2.09. The highest BCUT2D eigenvalue weighted by atomic mass is 35.5. The van der Waals surface area contributed by atoms with Gasteiger partial charge in [-0.05, 0) is 48.4 Å². The molecule has 0 spiro atoms. The molecular formula is C22H25ClN2O5S. The number of phenolic OH excluding ortho intramolecular Hbond substituents is 1. The molecule has 9 heteroatoms. The molecule has 0 aliphatic carbocycles. The van der Waals surface area contributed by atoms with E-state index in [2.05, 4.69) is 10.5 Å². The number of nitrogens with zero attached hydrogens (tertiary/aromatic N) is 1. The first-order valence-electron chi connectivity index (χ1n) is 9.91. The van der Waals surface area contributed by atoms with Crippen molar-refractivity contribution in [3.8, 4) is 5.75 Å². The molecule has 0 aliphatic rings. The Kier molecular flexibility index (Phi) is 9.81. The summed E-state index contributed by atoms with van der Waals surface area (Å²) in [4.78, 5) is 34.0. The number of hydrogen-bond acceptors (Lipinski definition) is 7. The van der Waals surface area contributed by atoms with Crippen LogP contribution in [0, 0.1) is 4.91 Å². The number of Topliss-reactive ketones (excluding diaryl/α,β-unsaturated/α-hetero) is 1. The summed E-state index contributed by atoms with van der Waals surface area (Å²) in [6, 6.07) is 8.54. The van der Waals surface area contributed by atoms with Crippen LogP contribution in [0.15, 0.2) is 40.4 Å². The van der Waals surface area contributed by atoms with Gasteiger partial charge in [-0.25, -0.2) is 0 Å². The minimum Gasteiger partial charge on any atom is -0.507 e. The quantitative estimate of drug-likeness (QED) is 0.162. The molecule has 0 fully saturated rings. The summed E-state index contributed by atoms with van der Waals surface area (Å²) < 4.78 is 0. The van der Waals surface area contributed by atoms with Crippen molar-refractivity contribution in [1.82, 2.24) is 0 Å². The number of phenols is 1. The summed E-state index contributed by atoms with van der Waals surface area (Å²) in [6.07, 6.45) is 2.15. The molecule has 2 aromatic carbocycles. The van der Waals surface area contributed by atoms with E-state index in [0.717, 1.165) is 29.2 Å². The van der Waals surface area contributed by atoms with E-state index in [4.69, 9.17) is 16.7 Å². The van der Waals surface area contributed by atoms with Gasteiger partial charge < -0.3 is 15.5 Å². The van der Waals surface area contributed by atoms with Crippen LogP contribution < -0.4 is 5.32 Å². The normalized spacial score (nSPS) is 10.6. The van der Waals surface area contributed by atoms with Crippen molar-refractivity contribution in [1.29, 1.82) is 0 Å². The molecular weight excluding hydrogens is 440 g/mol. The molecule has 0 atom stereocenters. The van der Waals surface area contributed by atoms with Crippen LogP contribution in [0.5, 0.6) is 5.75 Å². The van der Waals surface area contributed by atoms with Crippen LogP contribution in [-0.2, 0) is 17.6 Å². The van der Waals surface area contributed by atoms with Gasteiger partial charge in [0, 0.05) is 22.7 Å². The average Bonchev–Trinajstić information content (AvgIpc) is 2.71. The second-order valence-corrected chi connectivity index (χ2v) is 8.46. The lowest BCUT2D eigenvalue weighted by atomic mass is 10.00. The Labute approximate surface area is 190 Å². The third-order valence-electron chi connectivity index (χ3n) is 4.54. The number of carbonyl (C=O) groups excluding carboxylic acids is 1. The zero-order valence-electron chi connectivity index (χ0n) is 17.2. The molecule has 166 valence electrons. The van der Waals surface area contributed by atoms with Crippen LogP contribution in [0.25, 0.3) is 0 Å². The second kappa shape index (κ2) is 12.3. The molecule has 2 aromatic rings. The Hall–Kier alpha value is -2.58. The highest BCUT2D eigenvalue weighted by Gasteiger charge is 2.17. The van der Waals surface area contributed by atoms with Crippen molar-refractivity contribution in [3.05, 3.63) is 57.0 Å². The van der Waals surface area contributed by atoms with Gasteiger partial charge in [-0.15, -0.1) is 11.8 Å². The summed E-state index contributed by atoms with van der Waals surface area (Å²) >= 11 is 7.83. The number of carboxylic acids is 1. The van der Waals surface area contributed by atoms with E-state index >= 15 is 0 Å². The summed E-state index contributed by atoms with van der Waals surface area (Å²) in [7, 11) is 0. The van der Waals surface area contributed by atoms with Crippen LogP contribution in [0.2, 0.25) is 5.02 Å². The highest BCUT2D eigenvalue weighted by molar-refractivity contribution is 7.99. The standard InChI is InChI=1S/C22H25ClN2O5S/c1-2-4-15-18(7-6-16(22(15)29)19(26)13-25-30)24-9-3-10-31-20-8-5-14(11-17(20)23)12-21(27)28/h5-8,11,24,29H,2-4,9-10,12-13H2,1H3,(H,27,28). The third kappa shape index (κ3) is 7.25. The first-order chi connectivity index (χ1) is 14.9. The van der Waals surface area contributed by atoms with E-state index in [-0.39, 0.29) is 17.7 Å². The fourth-order valence-corrected chi connectivity index (χ4v) is 4.33. The zero-order chi connectivity index (χ0) is 22.8. The van der Waals surface area contributed by atoms with Crippen molar-refractivity contribution in [3.63, 3.8) is 0 Å². The molecule has 0 unspecified atom stereocenters. The number of carboxylic acid groups (broad SMARTS) is 1. The van der Waals surface area contributed by atoms with Crippen LogP contribution in [-0.4, -0.2) is 40.8 Å². The fraction of sp³-hybridized carbons (Fsp3) is 0.364. The zero-order valence-corrected chi connectivity index (χ0v) is 18.8. The molecule has 0 aliphatic heterocycles. The molecule has 0 amide bonds. The second-order valence-electron chi connectivity index (χ2n) is 6.91. The Bertz CT molecular complexity index is 952. The number of aromatic hydroxyl groups is 1. The van der Waals surface area contributed by atoms with E-state index < -0.39 is 18.3 Å². The number of anilines is 1. The van der Waals surface area contributed by atoms with Crippen molar-refractivity contribution in [2.75, 3.05) is 24.2 Å². The number of benzene rings is 2. The topological polar surface area (TPSA) is 116 Å². The number of aliphatic carboxylic acids is 1. The van der Waals surface area contributed by atoms with Gasteiger partial charge in [0.25, 0.3) is 0 Å². The lowest BCUT2D eigenvalue weighted by molar-refractivity contribution is -0.136. The number of nitroso groups, excluding NO2 is 1. The first-order valence-corrected chi connectivity index (χ1v) is 11.3. The van der Waals surface area contributed by atoms with Crippen LogP contribution in [0.4, 0.5) is 5.69 Å². The van der Waals surface area contributed by atoms with Gasteiger partial charge in [0.2, 0.25) is 0 Å². The van der Waals surface area contributed by atoms with Crippen LogP contribution in [0.3, 0.4) is 0 Å². The molecule has 2 rings (SSSR count). The molecule has 3 N–H and O–H groups in total. The predicted octanol–water partition coefficient (Wildman–Crippen LogP) is 5.17. The van der Waals surface area contributed by atoms with Gasteiger partial charge >= 0.3 is 5.97 Å². The van der Waals surface area contributed by atoms with Gasteiger partial charge in [-0.3, -0.25) is 9.59 Å². The summed E-state index contributed by atoms with van der Waals surface area (Å²) in [5, 5.41) is 25.8. The van der Waals surface area contributed by atoms with Crippen LogP contribution in [0.1, 0.15) is 41.3 Å². The molecule has 31 heavy (non-hydrogen) atoms. The molecule has 7 nitrogen and oxygen atoms in total. The molecule has 0 heterocycles. The summed E-state index contributed by atoms with van der Waals surface area (Å²) in [6.45, 7) is 2.14. The van der Waals surface area contributed by atoms with Gasteiger partial charge in [0.1, 0.15) is 12.3 Å². The van der Waals surface area contributed by atoms with E-state index in [1.165, 1.54) is 6.07 Å². The average molecular weight is 465 g/mol. The SMILES string of the molecule is CCCc1c(NCCCSc2ccc(CC(=O)O)cc2Cl)ccc(C(=O)CN=O)c1O. The molecule has 0 aromatic heterocycles. The Morgan fingerprint density at radius 3 is 2.65 bits per heavy atom. The van der Waals surface area contributed by atoms with Crippen molar-refractivity contribution < 1.29 is 19.8 Å². The number of thioether (sulfide) groups is 1. The summed E-state index contributed by atoms with van der Waals surface area (Å²) in [5.74, 6) is -0.697. The third-order valence-corrected chi connectivity index (χ3v) is 6.12. The Morgan fingerprint density at radius 2 is 2.00 bits per heavy atom. The van der Waals surface area contributed by atoms with Crippen molar-refractivity contribution in [2.24, 2.45) is 5.18 Å². The van der Waals surface area contributed by atoms with E-state index in [9.17, 15) is 19.6 Å². The van der Waals surface area contributed by atoms with Gasteiger partial charge in [0.15, 0.2) is 5.78 Å². The number of carbonyl (C=O) groups is 2. The minimum atomic E-state index is -0.895.